The van der Waals surface area contributed by atoms with Gasteiger partial charge in [-0.3, -0.25) is 4.79 Å². The SMILES string of the molecule is COC(=O)[C@@H](CC[C@@H](O)C(F)(F)F)NC(=O)c1ccccc1. The van der Waals surface area contributed by atoms with Gasteiger partial charge in [0.05, 0.1) is 7.11 Å². The van der Waals surface area contributed by atoms with E-state index in [1.165, 1.54) is 12.1 Å². The molecule has 0 saturated carbocycles. The number of hydrogen-bond acceptors (Lipinski definition) is 4. The number of carbonyl (C=O) groups is 2. The molecule has 122 valence electrons. The molecular weight excluding hydrogens is 303 g/mol. The lowest BCUT2D eigenvalue weighted by molar-refractivity contribution is -0.206. The molecule has 1 amide bonds. The molecule has 0 heterocycles. The number of carbonyl (C=O) groups excluding carboxylic acids is 2. The van der Waals surface area contributed by atoms with Gasteiger partial charge in [0.1, 0.15) is 12.1 Å². The number of benzene rings is 1. The number of rotatable bonds is 6. The summed E-state index contributed by atoms with van der Waals surface area (Å²) < 4.78 is 41.2. The van der Waals surface area contributed by atoms with Crippen molar-refractivity contribution in [3.05, 3.63) is 35.9 Å². The number of hydrogen-bond donors (Lipinski definition) is 2. The molecule has 0 unspecified atom stereocenters. The molecule has 0 radical (unpaired) electrons. The van der Waals surface area contributed by atoms with Crippen molar-refractivity contribution in [3.63, 3.8) is 0 Å². The van der Waals surface area contributed by atoms with Crippen LogP contribution in [0.2, 0.25) is 0 Å². The largest absolute Gasteiger partial charge is 0.467 e. The standard InChI is InChI=1S/C14H16F3NO4/c1-22-13(21)10(7-8-11(19)14(15,16)17)18-12(20)9-5-3-2-4-6-9/h2-6,10-11,19H,7-8H2,1H3,(H,18,20)/t10-,11-/m1/s1. The Morgan fingerprint density at radius 1 is 1.23 bits per heavy atom. The van der Waals surface area contributed by atoms with Crippen LogP contribution in [0, 0.1) is 0 Å². The van der Waals surface area contributed by atoms with Crippen LogP contribution < -0.4 is 5.32 Å². The summed E-state index contributed by atoms with van der Waals surface area (Å²) in [4.78, 5) is 23.5. The van der Waals surface area contributed by atoms with E-state index in [1.807, 2.05) is 0 Å². The second-order valence-electron chi connectivity index (χ2n) is 4.55. The molecule has 2 atom stereocenters. The summed E-state index contributed by atoms with van der Waals surface area (Å²) in [5, 5.41) is 11.2. The van der Waals surface area contributed by atoms with E-state index >= 15 is 0 Å². The van der Waals surface area contributed by atoms with Crippen LogP contribution in [0.1, 0.15) is 23.2 Å². The molecule has 22 heavy (non-hydrogen) atoms. The van der Waals surface area contributed by atoms with Crippen LogP contribution in [0.4, 0.5) is 13.2 Å². The van der Waals surface area contributed by atoms with Crippen LogP contribution in [0.15, 0.2) is 30.3 Å². The molecule has 2 N–H and O–H groups in total. The third kappa shape index (κ3) is 5.36. The van der Waals surface area contributed by atoms with E-state index in [1.54, 1.807) is 18.2 Å². The predicted molar refractivity (Wildman–Crippen MR) is 71.0 cm³/mol. The Hall–Kier alpha value is -2.09. The van der Waals surface area contributed by atoms with Crippen LogP contribution in [0.25, 0.3) is 0 Å². The second-order valence-corrected chi connectivity index (χ2v) is 4.55. The first kappa shape index (κ1) is 18.0. The monoisotopic (exact) mass is 319 g/mol. The highest BCUT2D eigenvalue weighted by atomic mass is 19.4. The Balaban J connectivity index is 2.69. The average molecular weight is 319 g/mol. The van der Waals surface area contributed by atoms with E-state index in [2.05, 4.69) is 10.1 Å². The molecule has 8 heteroatoms. The smallest absolute Gasteiger partial charge is 0.414 e. The third-order valence-electron chi connectivity index (χ3n) is 2.93. The maximum Gasteiger partial charge on any atom is 0.414 e. The van der Waals surface area contributed by atoms with Gasteiger partial charge in [-0.1, -0.05) is 18.2 Å². The van der Waals surface area contributed by atoms with Gasteiger partial charge >= 0.3 is 12.1 Å². The highest BCUT2D eigenvalue weighted by Gasteiger charge is 2.38. The maximum absolute atomic E-state index is 12.3. The maximum atomic E-state index is 12.3. The third-order valence-corrected chi connectivity index (χ3v) is 2.93. The minimum Gasteiger partial charge on any atom is -0.467 e. The molecule has 1 rings (SSSR count). The minimum atomic E-state index is -4.77. The highest BCUT2D eigenvalue weighted by molar-refractivity contribution is 5.96. The molecule has 0 aliphatic heterocycles. The fraction of sp³-hybridized carbons (Fsp3) is 0.429. The van der Waals surface area contributed by atoms with Gasteiger partial charge in [0.15, 0.2) is 0 Å². The van der Waals surface area contributed by atoms with Crippen molar-refractivity contribution in [1.82, 2.24) is 5.32 Å². The van der Waals surface area contributed by atoms with E-state index in [0.29, 0.717) is 0 Å². The van der Waals surface area contributed by atoms with E-state index in [9.17, 15) is 22.8 Å². The van der Waals surface area contributed by atoms with E-state index in [0.717, 1.165) is 7.11 Å². The Morgan fingerprint density at radius 3 is 2.32 bits per heavy atom. The Labute approximate surface area is 125 Å². The van der Waals surface area contributed by atoms with Gasteiger partial charge in [-0.05, 0) is 25.0 Å². The van der Waals surface area contributed by atoms with Gasteiger partial charge in [-0.2, -0.15) is 13.2 Å². The summed E-state index contributed by atoms with van der Waals surface area (Å²) in [7, 11) is 1.06. The average Bonchev–Trinajstić information content (AvgIpc) is 2.49. The fourth-order valence-electron chi connectivity index (χ4n) is 1.71. The summed E-state index contributed by atoms with van der Waals surface area (Å²) in [6.07, 6.45) is -8.46. The van der Waals surface area contributed by atoms with Crippen molar-refractivity contribution >= 4 is 11.9 Å². The molecule has 0 saturated heterocycles. The van der Waals surface area contributed by atoms with Gasteiger partial charge in [0, 0.05) is 5.56 Å². The number of aliphatic hydroxyl groups excluding tert-OH is 1. The van der Waals surface area contributed by atoms with Crippen molar-refractivity contribution in [2.24, 2.45) is 0 Å². The van der Waals surface area contributed by atoms with Crippen LogP contribution in [-0.4, -0.2) is 42.4 Å². The van der Waals surface area contributed by atoms with Crippen molar-refractivity contribution in [2.45, 2.75) is 31.2 Å². The Morgan fingerprint density at radius 2 is 1.82 bits per heavy atom. The molecule has 0 bridgehead atoms. The van der Waals surface area contributed by atoms with Gasteiger partial charge in [0.25, 0.3) is 5.91 Å². The summed E-state index contributed by atoms with van der Waals surface area (Å²) in [6, 6.07) is 6.62. The molecule has 5 nitrogen and oxygen atoms in total. The number of methoxy groups -OCH3 is 1. The van der Waals surface area contributed by atoms with Crippen molar-refractivity contribution < 1.29 is 32.6 Å². The number of ether oxygens (including phenoxy) is 1. The molecule has 1 aromatic rings. The quantitative estimate of drug-likeness (QED) is 0.782. The molecular formula is C14H16F3NO4. The van der Waals surface area contributed by atoms with E-state index in [-0.39, 0.29) is 5.56 Å². The first-order valence-corrected chi connectivity index (χ1v) is 6.44. The van der Waals surface area contributed by atoms with Gasteiger partial charge in [-0.15, -0.1) is 0 Å². The zero-order valence-electron chi connectivity index (χ0n) is 11.8. The van der Waals surface area contributed by atoms with E-state index in [4.69, 9.17) is 5.11 Å². The van der Waals surface area contributed by atoms with Crippen molar-refractivity contribution in [2.75, 3.05) is 7.11 Å². The summed E-state index contributed by atoms with van der Waals surface area (Å²) in [5.41, 5.74) is 0.257. The topological polar surface area (TPSA) is 75.6 Å². The molecule has 0 aliphatic rings. The van der Waals surface area contributed by atoms with Gasteiger partial charge in [-0.25, -0.2) is 4.79 Å². The molecule has 0 spiro atoms. The molecule has 0 aliphatic carbocycles. The zero-order valence-corrected chi connectivity index (χ0v) is 11.8. The lowest BCUT2D eigenvalue weighted by Crippen LogP contribution is -2.42. The number of esters is 1. The summed E-state index contributed by atoms with van der Waals surface area (Å²) in [5.74, 6) is -1.49. The number of nitrogens with one attached hydrogen (secondary N) is 1. The Bertz CT molecular complexity index is 505. The Kier molecular flexibility index (Phi) is 6.36. The number of aliphatic hydroxyl groups is 1. The highest BCUT2D eigenvalue weighted by Crippen LogP contribution is 2.23. The first-order chi connectivity index (χ1) is 10.3. The lowest BCUT2D eigenvalue weighted by Gasteiger charge is -2.19. The summed E-state index contributed by atoms with van der Waals surface area (Å²) >= 11 is 0. The molecule has 0 aromatic heterocycles. The molecule has 0 fully saturated rings. The van der Waals surface area contributed by atoms with Crippen LogP contribution in [0.5, 0.6) is 0 Å². The minimum absolute atomic E-state index is 0.257. The second kappa shape index (κ2) is 7.79. The van der Waals surface area contributed by atoms with Crippen LogP contribution in [-0.2, 0) is 9.53 Å². The fourth-order valence-corrected chi connectivity index (χ4v) is 1.71. The summed E-state index contributed by atoms with van der Waals surface area (Å²) in [6.45, 7) is 0. The first-order valence-electron chi connectivity index (χ1n) is 6.44. The zero-order chi connectivity index (χ0) is 16.8. The predicted octanol–water partition coefficient (Wildman–Crippen LogP) is 1.66. The van der Waals surface area contributed by atoms with Crippen molar-refractivity contribution in [1.29, 1.82) is 0 Å². The van der Waals surface area contributed by atoms with Gasteiger partial charge < -0.3 is 15.2 Å². The molecule has 1 aromatic carbocycles. The van der Waals surface area contributed by atoms with E-state index < -0.39 is 43.0 Å². The van der Waals surface area contributed by atoms with Crippen LogP contribution in [0.3, 0.4) is 0 Å². The normalized spacial score (nSPS) is 14.0. The lowest BCUT2D eigenvalue weighted by atomic mass is 10.1. The number of amides is 1. The van der Waals surface area contributed by atoms with Crippen molar-refractivity contribution in [3.8, 4) is 0 Å². The number of halogens is 3. The van der Waals surface area contributed by atoms with Gasteiger partial charge in [0.2, 0.25) is 0 Å². The van der Waals surface area contributed by atoms with Crippen LogP contribution >= 0.6 is 0 Å². The number of alkyl halides is 3.